The summed E-state index contributed by atoms with van der Waals surface area (Å²) in [7, 11) is 3.22. The number of methoxy groups -OCH3 is 2. The third kappa shape index (κ3) is 7.66. The fraction of sp³-hybridized carbons (Fsp3) is 0.619. The number of carboxylic acid groups (broad SMARTS) is 2. The Bertz CT molecular complexity index is 626. The number of carbonyl (C=O) groups is 2. The van der Waals surface area contributed by atoms with Crippen molar-refractivity contribution in [1.82, 2.24) is 0 Å². The molecule has 1 aromatic rings. The SMILES string of the molecule is CCCCCCc1c(O)c(OC)c(OC)c(CC)c1CC.O=C(O)CC(=O)O. The Morgan fingerprint density at radius 1 is 0.786 bits per heavy atom. The molecule has 160 valence electrons. The number of hydrogen-bond acceptors (Lipinski definition) is 5. The Morgan fingerprint density at radius 2 is 1.32 bits per heavy atom. The summed E-state index contributed by atoms with van der Waals surface area (Å²) >= 11 is 0. The Morgan fingerprint density at radius 3 is 1.68 bits per heavy atom. The minimum absolute atomic E-state index is 0.264. The second kappa shape index (κ2) is 13.7. The van der Waals surface area contributed by atoms with E-state index < -0.39 is 18.4 Å². The Balaban J connectivity index is 0.000000887. The van der Waals surface area contributed by atoms with Gasteiger partial charge in [0.05, 0.1) is 14.2 Å². The van der Waals surface area contributed by atoms with Crippen molar-refractivity contribution in [3.8, 4) is 17.2 Å². The fourth-order valence-electron chi connectivity index (χ4n) is 3.18. The van der Waals surface area contributed by atoms with Gasteiger partial charge in [0.15, 0.2) is 11.5 Å². The maximum atomic E-state index is 10.6. The molecule has 7 nitrogen and oxygen atoms in total. The van der Waals surface area contributed by atoms with E-state index in [0.29, 0.717) is 11.5 Å². The zero-order chi connectivity index (χ0) is 21.7. The number of benzene rings is 1. The summed E-state index contributed by atoms with van der Waals surface area (Å²) in [6, 6.07) is 0. The second-order valence-corrected chi connectivity index (χ2v) is 6.33. The molecule has 0 radical (unpaired) electrons. The molecule has 0 atom stereocenters. The molecule has 3 N–H and O–H groups in total. The van der Waals surface area contributed by atoms with Crippen LogP contribution < -0.4 is 9.47 Å². The maximum absolute atomic E-state index is 10.6. The summed E-state index contributed by atoms with van der Waals surface area (Å²) in [6.45, 7) is 6.46. The van der Waals surface area contributed by atoms with Crippen LogP contribution in [0, 0.1) is 0 Å². The van der Waals surface area contributed by atoms with E-state index in [2.05, 4.69) is 20.8 Å². The first-order valence-electron chi connectivity index (χ1n) is 9.69. The van der Waals surface area contributed by atoms with Gasteiger partial charge in [-0.3, -0.25) is 9.59 Å². The van der Waals surface area contributed by atoms with E-state index in [0.717, 1.165) is 31.2 Å². The number of unbranched alkanes of at least 4 members (excludes halogenated alkanes) is 3. The highest BCUT2D eigenvalue weighted by atomic mass is 16.5. The van der Waals surface area contributed by atoms with E-state index in [-0.39, 0.29) is 5.75 Å². The van der Waals surface area contributed by atoms with Gasteiger partial charge in [0.1, 0.15) is 6.42 Å². The molecule has 0 spiro atoms. The maximum Gasteiger partial charge on any atom is 0.314 e. The van der Waals surface area contributed by atoms with Crippen molar-refractivity contribution in [2.75, 3.05) is 14.2 Å². The van der Waals surface area contributed by atoms with Crippen LogP contribution in [0.4, 0.5) is 0 Å². The largest absolute Gasteiger partial charge is 0.504 e. The van der Waals surface area contributed by atoms with Crippen LogP contribution in [-0.2, 0) is 28.9 Å². The summed E-state index contributed by atoms with van der Waals surface area (Å²) in [4.78, 5) is 18.9. The normalized spacial score (nSPS) is 10.0. The standard InChI is InChI=1S/C18H30O3.C3H4O4/c1-6-9-10-11-12-15-13(7-2)14(8-3)17(20-4)18(21-5)16(15)19;4-2(5)1-3(6)7/h19H,6-12H2,1-5H3;1H2,(H,4,5)(H,6,7). The van der Waals surface area contributed by atoms with Crippen LogP contribution in [0.1, 0.15) is 69.6 Å². The van der Waals surface area contributed by atoms with Crippen LogP contribution in [0.25, 0.3) is 0 Å². The van der Waals surface area contributed by atoms with Crippen molar-refractivity contribution in [2.24, 2.45) is 0 Å². The van der Waals surface area contributed by atoms with Crippen molar-refractivity contribution < 1.29 is 34.4 Å². The van der Waals surface area contributed by atoms with E-state index in [1.807, 2.05) is 0 Å². The lowest BCUT2D eigenvalue weighted by atomic mass is 9.91. The molecule has 0 aromatic heterocycles. The van der Waals surface area contributed by atoms with Crippen molar-refractivity contribution in [1.29, 1.82) is 0 Å². The molecule has 0 unspecified atom stereocenters. The predicted octanol–water partition coefficient (Wildman–Crippen LogP) is 4.20. The van der Waals surface area contributed by atoms with E-state index in [1.165, 1.54) is 30.4 Å². The second-order valence-electron chi connectivity index (χ2n) is 6.33. The first-order chi connectivity index (χ1) is 13.3. The third-order valence-corrected chi connectivity index (χ3v) is 4.41. The van der Waals surface area contributed by atoms with Gasteiger partial charge in [-0.1, -0.05) is 40.0 Å². The molecule has 1 aromatic carbocycles. The van der Waals surface area contributed by atoms with Gasteiger partial charge in [-0.2, -0.15) is 0 Å². The van der Waals surface area contributed by atoms with Crippen molar-refractivity contribution >= 4 is 11.9 Å². The van der Waals surface area contributed by atoms with Gasteiger partial charge in [0.2, 0.25) is 5.75 Å². The monoisotopic (exact) mass is 398 g/mol. The molecule has 0 saturated heterocycles. The van der Waals surface area contributed by atoms with Crippen molar-refractivity contribution in [2.45, 2.75) is 72.1 Å². The summed E-state index contributed by atoms with van der Waals surface area (Å²) in [6.07, 6.45) is 6.66. The molecule has 0 heterocycles. The zero-order valence-corrected chi connectivity index (χ0v) is 17.6. The zero-order valence-electron chi connectivity index (χ0n) is 17.6. The van der Waals surface area contributed by atoms with Crippen LogP contribution in [0.2, 0.25) is 0 Å². The summed E-state index contributed by atoms with van der Waals surface area (Å²) in [5.41, 5.74) is 3.44. The lowest BCUT2D eigenvalue weighted by molar-refractivity contribution is -0.147. The Labute approximate surface area is 167 Å². The van der Waals surface area contributed by atoms with Crippen LogP contribution >= 0.6 is 0 Å². The van der Waals surface area contributed by atoms with Crippen LogP contribution in [0.5, 0.6) is 17.2 Å². The minimum atomic E-state index is -1.31. The summed E-state index contributed by atoms with van der Waals surface area (Å²) < 4.78 is 10.9. The predicted molar refractivity (Wildman–Crippen MR) is 108 cm³/mol. The molecule has 28 heavy (non-hydrogen) atoms. The van der Waals surface area contributed by atoms with E-state index in [9.17, 15) is 14.7 Å². The molecule has 0 fully saturated rings. The van der Waals surface area contributed by atoms with Gasteiger partial charge in [-0.15, -0.1) is 0 Å². The molecular formula is C21H34O7. The molecule has 0 bridgehead atoms. The first-order valence-corrected chi connectivity index (χ1v) is 9.69. The van der Waals surface area contributed by atoms with Gasteiger partial charge < -0.3 is 24.8 Å². The van der Waals surface area contributed by atoms with E-state index >= 15 is 0 Å². The number of phenolic OH excluding ortho intramolecular Hbond substituents is 1. The topological polar surface area (TPSA) is 113 Å². The average molecular weight is 398 g/mol. The third-order valence-electron chi connectivity index (χ3n) is 4.41. The molecular weight excluding hydrogens is 364 g/mol. The number of ether oxygens (including phenoxy) is 2. The number of carboxylic acids is 2. The highest BCUT2D eigenvalue weighted by Gasteiger charge is 2.23. The molecule has 0 aliphatic carbocycles. The van der Waals surface area contributed by atoms with Gasteiger partial charge in [-0.05, 0) is 31.2 Å². The Hall–Kier alpha value is -2.44. The smallest absolute Gasteiger partial charge is 0.314 e. The minimum Gasteiger partial charge on any atom is -0.504 e. The number of aromatic hydroxyl groups is 1. The highest BCUT2D eigenvalue weighted by Crippen LogP contribution is 2.45. The number of rotatable bonds is 11. The number of hydrogen-bond donors (Lipinski definition) is 3. The van der Waals surface area contributed by atoms with Gasteiger partial charge >= 0.3 is 11.9 Å². The Kier molecular flexibility index (Phi) is 12.5. The molecule has 0 saturated carbocycles. The molecule has 7 heteroatoms. The van der Waals surface area contributed by atoms with Crippen LogP contribution in [-0.4, -0.2) is 41.5 Å². The first kappa shape index (κ1) is 25.6. The van der Waals surface area contributed by atoms with E-state index in [1.54, 1.807) is 14.2 Å². The molecule has 1 rings (SSSR count). The number of phenols is 1. The number of aliphatic carboxylic acids is 2. The van der Waals surface area contributed by atoms with Crippen LogP contribution in [0.15, 0.2) is 0 Å². The lowest BCUT2D eigenvalue weighted by Crippen LogP contribution is -2.05. The quantitative estimate of drug-likeness (QED) is 0.378. The average Bonchev–Trinajstić information content (AvgIpc) is 2.64. The molecule has 0 aliphatic rings. The molecule has 0 aliphatic heterocycles. The molecule has 0 amide bonds. The van der Waals surface area contributed by atoms with Crippen LogP contribution in [0.3, 0.4) is 0 Å². The van der Waals surface area contributed by atoms with Crippen molar-refractivity contribution in [3.63, 3.8) is 0 Å². The lowest BCUT2D eigenvalue weighted by Gasteiger charge is -2.21. The van der Waals surface area contributed by atoms with Gasteiger partial charge in [0, 0.05) is 11.1 Å². The highest BCUT2D eigenvalue weighted by molar-refractivity contribution is 5.88. The van der Waals surface area contributed by atoms with E-state index in [4.69, 9.17) is 19.7 Å². The van der Waals surface area contributed by atoms with Gasteiger partial charge in [0.25, 0.3) is 0 Å². The summed E-state index contributed by atoms with van der Waals surface area (Å²) in [5.74, 6) is -1.19. The van der Waals surface area contributed by atoms with Crippen molar-refractivity contribution in [3.05, 3.63) is 16.7 Å². The van der Waals surface area contributed by atoms with Gasteiger partial charge in [-0.25, -0.2) is 0 Å². The summed E-state index contributed by atoms with van der Waals surface area (Å²) in [5, 5.41) is 26.0. The fourth-order valence-corrected chi connectivity index (χ4v) is 3.18.